The predicted molar refractivity (Wildman–Crippen MR) is 122 cm³/mol. The fourth-order valence-electron chi connectivity index (χ4n) is 4.90. The molecule has 1 aromatic heterocycles. The lowest BCUT2D eigenvalue weighted by molar-refractivity contribution is -0.135. The van der Waals surface area contributed by atoms with E-state index in [9.17, 15) is 14.4 Å². The number of benzene rings is 1. The largest absolute Gasteiger partial charge is 0.367 e. The van der Waals surface area contributed by atoms with Crippen LogP contribution in [0.2, 0.25) is 0 Å². The Morgan fingerprint density at radius 2 is 2.09 bits per heavy atom. The van der Waals surface area contributed by atoms with Gasteiger partial charge in [0.1, 0.15) is 18.8 Å². The average Bonchev–Trinajstić information content (AvgIpc) is 2.84. The minimum Gasteiger partial charge on any atom is -0.367 e. The van der Waals surface area contributed by atoms with Gasteiger partial charge in [-0.15, -0.1) is 0 Å². The zero-order valence-electron chi connectivity index (χ0n) is 18.8. The van der Waals surface area contributed by atoms with Crippen LogP contribution in [-0.2, 0) is 4.79 Å². The van der Waals surface area contributed by atoms with E-state index in [0.29, 0.717) is 18.2 Å². The Kier molecular flexibility index (Phi) is 6.68. The Hall–Kier alpha value is -2.63. The quantitative estimate of drug-likeness (QED) is 0.716. The number of aromatic nitrogens is 2. The standard InChI is InChI=1S/C24H31FN6O/c1-24(2,14-25)22(32)21-13-27-9-10-31(21)18-6-4-17(5-7-18)30-23-19-11-16(12-26)3-8-20(19)28-15-29-23/h3,8,11,15,17-18,21,27H,4-7,9-10,13-14H2,1-2H3,(H,28,29,30)/t17-,18-,21?. The highest BCUT2D eigenvalue weighted by molar-refractivity contribution is 5.90. The molecule has 0 bridgehead atoms. The van der Waals surface area contributed by atoms with Crippen molar-refractivity contribution < 1.29 is 9.18 Å². The lowest BCUT2D eigenvalue weighted by atomic mass is 9.82. The number of anilines is 1. The van der Waals surface area contributed by atoms with E-state index < -0.39 is 12.1 Å². The van der Waals surface area contributed by atoms with Crippen molar-refractivity contribution in [3.8, 4) is 6.07 Å². The van der Waals surface area contributed by atoms with E-state index in [-0.39, 0.29) is 17.9 Å². The number of halogens is 1. The summed E-state index contributed by atoms with van der Waals surface area (Å²) in [6.45, 7) is 5.03. The van der Waals surface area contributed by atoms with Crippen LogP contribution in [0.5, 0.6) is 0 Å². The number of carbonyl (C=O) groups is 1. The number of carbonyl (C=O) groups excluding carboxylic acids is 1. The normalized spacial score (nSPS) is 24.8. The maximum Gasteiger partial charge on any atom is 0.159 e. The second-order valence-corrected chi connectivity index (χ2v) is 9.56. The molecule has 170 valence electrons. The van der Waals surface area contributed by atoms with Gasteiger partial charge in [0.25, 0.3) is 0 Å². The smallest absolute Gasteiger partial charge is 0.159 e. The Labute approximate surface area is 188 Å². The monoisotopic (exact) mass is 438 g/mol. The van der Waals surface area contributed by atoms with Crippen LogP contribution in [0.1, 0.15) is 45.1 Å². The molecule has 32 heavy (non-hydrogen) atoms. The van der Waals surface area contributed by atoms with Crippen LogP contribution in [0.25, 0.3) is 10.9 Å². The third kappa shape index (κ3) is 4.59. The van der Waals surface area contributed by atoms with Crippen molar-refractivity contribution in [2.75, 3.05) is 31.6 Å². The molecule has 2 aromatic rings. The highest BCUT2D eigenvalue weighted by Crippen LogP contribution is 2.31. The highest BCUT2D eigenvalue weighted by Gasteiger charge is 2.41. The van der Waals surface area contributed by atoms with E-state index in [0.717, 1.165) is 55.5 Å². The molecule has 1 aliphatic heterocycles. The number of nitriles is 1. The molecule has 1 saturated carbocycles. The molecular weight excluding hydrogens is 407 g/mol. The molecule has 0 amide bonds. The van der Waals surface area contributed by atoms with Crippen molar-refractivity contribution in [1.82, 2.24) is 20.2 Å². The van der Waals surface area contributed by atoms with Crippen molar-refractivity contribution in [1.29, 1.82) is 5.26 Å². The van der Waals surface area contributed by atoms with Crippen LogP contribution in [0.4, 0.5) is 10.2 Å². The first-order valence-electron chi connectivity index (χ1n) is 11.4. The summed E-state index contributed by atoms with van der Waals surface area (Å²) in [7, 11) is 0. The zero-order chi connectivity index (χ0) is 22.7. The maximum atomic E-state index is 13.5. The molecule has 2 heterocycles. The summed E-state index contributed by atoms with van der Waals surface area (Å²) in [6.07, 6.45) is 5.43. The van der Waals surface area contributed by atoms with Crippen LogP contribution < -0.4 is 10.6 Å². The summed E-state index contributed by atoms with van der Waals surface area (Å²) < 4.78 is 13.5. The van der Waals surface area contributed by atoms with Gasteiger partial charge in [-0.2, -0.15) is 5.26 Å². The Morgan fingerprint density at radius 3 is 2.81 bits per heavy atom. The van der Waals surface area contributed by atoms with Gasteiger partial charge in [0.05, 0.1) is 28.6 Å². The zero-order valence-corrected chi connectivity index (χ0v) is 18.8. The van der Waals surface area contributed by atoms with Gasteiger partial charge in [-0.3, -0.25) is 14.1 Å². The molecule has 2 fully saturated rings. The third-order valence-electron chi connectivity index (χ3n) is 6.86. The van der Waals surface area contributed by atoms with Crippen molar-refractivity contribution in [3.05, 3.63) is 30.1 Å². The fourth-order valence-corrected chi connectivity index (χ4v) is 4.90. The third-order valence-corrected chi connectivity index (χ3v) is 6.86. The highest BCUT2D eigenvalue weighted by atomic mass is 19.1. The molecule has 2 N–H and O–H groups in total. The Bertz CT molecular complexity index is 1010. The molecule has 2 aliphatic rings. The molecule has 0 radical (unpaired) electrons. The molecule has 1 saturated heterocycles. The molecule has 1 atom stereocenters. The number of alkyl halides is 1. The fraction of sp³-hybridized carbons (Fsp3) is 0.583. The van der Waals surface area contributed by atoms with E-state index in [1.54, 1.807) is 26.2 Å². The lowest BCUT2D eigenvalue weighted by Gasteiger charge is -2.45. The molecule has 7 nitrogen and oxygen atoms in total. The van der Waals surface area contributed by atoms with Gasteiger partial charge < -0.3 is 10.6 Å². The summed E-state index contributed by atoms with van der Waals surface area (Å²) in [5, 5.41) is 17.0. The Balaban J connectivity index is 1.42. The van der Waals surface area contributed by atoms with Gasteiger partial charge in [-0.05, 0) is 43.9 Å². The molecule has 0 spiro atoms. The van der Waals surface area contributed by atoms with Gasteiger partial charge in [0.15, 0.2) is 5.78 Å². The van der Waals surface area contributed by atoms with Crippen LogP contribution in [0.3, 0.4) is 0 Å². The van der Waals surface area contributed by atoms with Crippen LogP contribution in [0, 0.1) is 16.7 Å². The van der Waals surface area contributed by atoms with E-state index in [2.05, 4.69) is 31.6 Å². The Morgan fingerprint density at radius 1 is 1.31 bits per heavy atom. The van der Waals surface area contributed by atoms with Crippen molar-refractivity contribution in [2.24, 2.45) is 5.41 Å². The first kappa shape index (κ1) is 22.6. The molecule has 4 rings (SSSR count). The SMILES string of the molecule is CC(C)(CF)C(=O)C1CNCCN1[C@H]1CC[C@H](Nc2ncnc3ccc(C#N)cc23)CC1. The van der Waals surface area contributed by atoms with Gasteiger partial charge in [-0.25, -0.2) is 9.97 Å². The number of hydrogen-bond donors (Lipinski definition) is 2. The van der Waals surface area contributed by atoms with E-state index in [1.165, 1.54) is 0 Å². The first-order valence-corrected chi connectivity index (χ1v) is 11.4. The van der Waals surface area contributed by atoms with Gasteiger partial charge in [0.2, 0.25) is 0 Å². The summed E-state index contributed by atoms with van der Waals surface area (Å²) in [5.74, 6) is 0.753. The van der Waals surface area contributed by atoms with E-state index >= 15 is 0 Å². The molecule has 1 unspecified atom stereocenters. The minimum absolute atomic E-state index is 0.00630. The number of ketones is 1. The second-order valence-electron chi connectivity index (χ2n) is 9.56. The number of rotatable bonds is 6. The number of hydrogen-bond acceptors (Lipinski definition) is 7. The summed E-state index contributed by atoms with van der Waals surface area (Å²) in [4.78, 5) is 24.1. The van der Waals surface area contributed by atoms with Gasteiger partial charge >= 0.3 is 0 Å². The van der Waals surface area contributed by atoms with Crippen LogP contribution in [-0.4, -0.2) is 65.1 Å². The number of fused-ring (bicyclic) bond motifs is 1. The van der Waals surface area contributed by atoms with Crippen LogP contribution in [0.15, 0.2) is 24.5 Å². The number of piperazine rings is 1. The lowest BCUT2D eigenvalue weighted by Crippen LogP contribution is -2.61. The van der Waals surface area contributed by atoms with Gasteiger partial charge in [-0.1, -0.05) is 13.8 Å². The molecule has 1 aliphatic carbocycles. The molecular formula is C24H31FN6O. The number of Topliss-reactive ketones (excluding diaryl/α,β-unsaturated/α-hetero) is 1. The van der Waals surface area contributed by atoms with Crippen molar-refractivity contribution in [3.63, 3.8) is 0 Å². The van der Waals surface area contributed by atoms with Gasteiger partial charge in [0, 0.05) is 37.1 Å². The maximum absolute atomic E-state index is 13.5. The van der Waals surface area contributed by atoms with E-state index in [1.807, 2.05) is 12.1 Å². The average molecular weight is 439 g/mol. The number of nitrogens with zero attached hydrogens (tertiary/aromatic N) is 4. The first-order chi connectivity index (χ1) is 15.4. The minimum atomic E-state index is -0.947. The topological polar surface area (TPSA) is 93.9 Å². The molecule has 8 heteroatoms. The molecule has 1 aromatic carbocycles. The predicted octanol–water partition coefficient (Wildman–Crippen LogP) is 3.06. The summed E-state index contributed by atoms with van der Waals surface area (Å²) in [5.41, 5.74) is 0.453. The second kappa shape index (κ2) is 9.47. The van der Waals surface area contributed by atoms with Crippen molar-refractivity contribution >= 4 is 22.5 Å². The van der Waals surface area contributed by atoms with Crippen molar-refractivity contribution in [2.45, 2.75) is 57.7 Å². The van der Waals surface area contributed by atoms with E-state index in [4.69, 9.17) is 0 Å². The van der Waals surface area contributed by atoms with Crippen LogP contribution >= 0.6 is 0 Å². The summed E-state index contributed by atoms with van der Waals surface area (Å²) >= 11 is 0. The summed E-state index contributed by atoms with van der Waals surface area (Å²) in [6, 6.07) is 7.94. The number of nitrogens with one attached hydrogen (secondary N) is 2.